The van der Waals surface area contributed by atoms with E-state index in [-0.39, 0.29) is 11.3 Å². The number of rotatable bonds is 10. The summed E-state index contributed by atoms with van der Waals surface area (Å²) >= 11 is 0. The minimum atomic E-state index is 0.151. The van der Waals surface area contributed by atoms with Gasteiger partial charge in [0, 0.05) is 31.9 Å². The monoisotopic (exact) mass is 280 g/mol. The van der Waals surface area contributed by atoms with Crippen LogP contribution in [0.4, 0.5) is 0 Å². The smallest absolute Gasteiger partial charge is 0.220 e. The SMILES string of the molecule is CC(C)(CCN)CCC(=O)NCCCCn1ccnc1. The van der Waals surface area contributed by atoms with Crippen LogP contribution in [-0.4, -0.2) is 28.5 Å². The Balaban J connectivity index is 2.02. The van der Waals surface area contributed by atoms with Crippen LogP contribution >= 0.6 is 0 Å². The van der Waals surface area contributed by atoms with E-state index in [4.69, 9.17) is 5.73 Å². The lowest BCUT2D eigenvalue weighted by molar-refractivity contribution is -0.121. The maximum absolute atomic E-state index is 11.7. The molecule has 0 aliphatic rings. The molecule has 0 aliphatic carbocycles. The number of nitrogens with one attached hydrogen (secondary N) is 1. The second kappa shape index (κ2) is 8.74. The van der Waals surface area contributed by atoms with Crippen molar-refractivity contribution in [3.63, 3.8) is 0 Å². The van der Waals surface area contributed by atoms with E-state index in [1.54, 1.807) is 6.20 Å². The van der Waals surface area contributed by atoms with Crippen molar-refractivity contribution in [3.8, 4) is 0 Å². The van der Waals surface area contributed by atoms with Crippen molar-refractivity contribution in [2.75, 3.05) is 13.1 Å². The van der Waals surface area contributed by atoms with Crippen LogP contribution in [0.25, 0.3) is 0 Å². The highest BCUT2D eigenvalue weighted by Crippen LogP contribution is 2.25. The maximum Gasteiger partial charge on any atom is 0.220 e. The van der Waals surface area contributed by atoms with Gasteiger partial charge in [0.05, 0.1) is 6.33 Å². The van der Waals surface area contributed by atoms with Gasteiger partial charge in [-0.2, -0.15) is 0 Å². The van der Waals surface area contributed by atoms with Gasteiger partial charge < -0.3 is 15.6 Å². The Morgan fingerprint density at radius 1 is 1.35 bits per heavy atom. The van der Waals surface area contributed by atoms with Crippen molar-refractivity contribution in [2.45, 2.75) is 52.5 Å². The molecule has 0 fully saturated rings. The summed E-state index contributed by atoms with van der Waals surface area (Å²) in [7, 11) is 0. The molecule has 1 aromatic heterocycles. The highest BCUT2D eigenvalue weighted by molar-refractivity contribution is 5.75. The predicted octanol–water partition coefficient (Wildman–Crippen LogP) is 1.93. The van der Waals surface area contributed by atoms with Gasteiger partial charge in [-0.15, -0.1) is 0 Å². The third-order valence-electron chi connectivity index (χ3n) is 3.57. The van der Waals surface area contributed by atoms with Gasteiger partial charge in [-0.25, -0.2) is 4.98 Å². The van der Waals surface area contributed by atoms with E-state index in [0.717, 1.165) is 38.8 Å². The summed E-state index contributed by atoms with van der Waals surface area (Å²) < 4.78 is 2.05. The zero-order chi connectivity index (χ0) is 14.8. The number of carbonyl (C=O) groups excluding carboxylic acids is 1. The molecule has 20 heavy (non-hydrogen) atoms. The Hall–Kier alpha value is -1.36. The number of nitrogens with zero attached hydrogens (tertiary/aromatic N) is 2. The molecule has 114 valence electrons. The molecule has 5 nitrogen and oxygen atoms in total. The summed E-state index contributed by atoms with van der Waals surface area (Å²) in [5.41, 5.74) is 5.73. The zero-order valence-corrected chi connectivity index (χ0v) is 12.8. The number of hydrogen-bond acceptors (Lipinski definition) is 3. The molecule has 1 heterocycles. The van der Waals surface area contributed by atoms with Crippen LogP contribution in [0, 0.1) is 5.41 Å². The maximum atomic E-state index is 11.7. The molecule has 0 bridgehead atoms. The fraction of sp³-hybridized carbons (Fsp3) is 0.733. The first-order chi connectivity index (χ1) is 9.53. The van der Waals surface area contributed by atoms with Gasteiger partial charge in [-0.3, -0.25) is 4.79 Å². The Kier molecular flexibility index (Phi) is 7.30. The Labute approximate surface area is 122 Å². The molecule has 0 spiro atoms. The Morgan fingerprint density at radius 2 is 2.15 bits per heavy atom. The molecule has 1 rings (SSSR count). The topological polar surface area (TPSA) is 72.9 Å². The molecular formula is C15H28N4O. The zero-order valence-electron chi connectivity index (χ0n) is 12.8. The Bertz CT molecular complexity index is 373. The molecule has 0 saturated heterocycles. The second-order valence-corrected chi connectivity index (χ2v) is 6.06. The lowest BCUT2D eigenvalue weighted by Gasteiger charge is -2.23. The molecular weight excluding hydrogens is 252 g/mol. The third-order valence-corrected chi connectivity index (χ3v) is 3.57. The van der Waals surface area contributed by atoms with Gasteiger partial charge >= 0.3 is 0 Å². The average molecular weight is 280 g/mol. The largest absolute Gasteiger partial charge is 0.356 e. The van der Waals surface area contributed by atoms with Gasteiger partial charge in [0.15, 0.2) is 0 Å². The summed E-state index contributed by atoms with van der Waals surface area (Å²) in [6.07, 6.45) is 10.1. The number of imidazole rings is 1. The molecule has 0 saturated carbocycles. The van der Waals surface area contributed by atoms with E-state index in [9.17, 15) is 4.79 Å². The molecule has 0 unspecified atom stereocenters. The van der Waals surface area contributed by atoms with E-state index < -0.39 is 0 Å². The summed E-state index contributed by atoms with van der Waals surface area (Å²) in [5, 5.41) is 2.98. The molecule has 0 radical (unpaired) electrons. The highest BCUT2D eigenvalue weighted by Gasteiger charge is 2.17. The number of carbonyl (C=O) groups is 1. The first-order valence-electron chi connectivity index (χ1n) is 7.46. The fourth-order valence-corrected chi connectivity index (χ4v) is 2.12. The van der Waals surface area contributed by atoms with Crippen LogP contribution < -0.4 is 11.1 Å². The van der Waals surface area contributed by atoms with Crippen LogP contribution in [0.15, 0.2) is 18.7 Å². The van der Waals surface area contributed by atoms with Crippen LogP contribution in [0.3, 0.4) is 0 Å². The highest BCUT2D eigenvalue weighted by atomic mass is 16.1. The Morgan fingerprint density at radius 3 is 2.80 bits per heavy atom. The minimum absolute atomic E-state index is 0.151. The van der Waals surface area contributed by atoms with Crippen molar-refractivity contribution in [1.29, 1.82) is 0 Å². The first-order valence-corrected chi connectivity index (χ1v) is 7.46. The second-order valence-electron chi connectivity index (χ2n) is 6.06. The fourth-order valence-electron chi connectivity index (χ4n) is 2.12. The molecule has 3 N–H and O–H groups in total. The first kappa shape index (κ1) is 16.7. The number of amides is 1. The van der Waals surface area contributed by atoms with Gasteiger partial charge in [0.2, 0.25) is 5.91 Å². The van der Waals surface area contributed by atoms with E-state index >= 15 is 0 Å². The van der Waals surface area contributed by atoms with E-state index in [1.807, 2.05) is 12.5 Å². The minimum Gasteiger partial charge on any atom is -0.356 e. The van der Waals surface area contributed by atoms with Crippen molar-refractivity contribution in [2.24, 2.45) is 11.1 Å². The van der Waals surface area contributed by atoms with Crippen LogP contribution in [-0.2, 0) is 11.3 Å². The molecule has 0 atom stereocenters. The van der Waals surface area contributed by atoms with E-state index in [0.29, 0.717) is 13.0 Å². The van der Waals surface area contributed by atoms with Crippen molar-refractivity contribution in [3.05, 3.63) is 18.7 Å². The van der Waals surface area contributed by atoms with E-state index in [2.05, 4.69) is 28.7 Å². The number of aryl methyl sites for hydroxylation is 1. The molecule has 5 heteroatoms. The lowest BCUT2D eigenvalue weighted by atomic mass is 9.84. The summed E-state index contributed by atoms with van der Waals surface area (Å²) in [4.78, 5) is 15.7. The van der Waals surface area contributed by atoms with Crippen molar-refractivity contribution < 1.29 is 4.79 Å². The quantitative estimate of drug-likeness (QED) is 0.643. The summed E-state index contributed by atoms with van der Waals surface area (Å²) in [5.74, 6) is 0.151. The van der Waals surface area contributed by atoms with Crippen molar-refractivity contribution in [1.82, 2.24) is 14.9 Å². The molecule has 0 aliphatic heterocycles. The third kappa shape index (κ3) is 7.28. The van der Waals surface area contributed by atoms with Crippen LogP contribution in [0.2, 0.25) is 0 Å². The number of aromatic nitrogens is 2. The predicted molar refractivity (Wildman–Crippen MR) is 81.2 cm³/mol. The van der Waals surface area contributed by atoms with E-state index in [1.165, 1.54) is 0 Å². The molecule has 1 amide bonds. The number of nitrogens with two attached hydrogens (primary N) is 1. The number of hydrogen-bond donors (Lipinski definition) is 2. The molecule has 1 aromatic rings. The summed E-state index contributed by atoms with van der Waals surface area (Å²) in [6.45, 7) is 6.73. The summed E-state index contributed by atoms with van der Waals surface area (Å²) in [6, 6.07) is 0. The average Bonchev–Trinajstić information content (AvgIpc) is 2.89. The molecule has 0 aromatic carbocycles. The van der Waals surface area contributed by atoms with Gasteiger partial charge in [-0.05, 0) is 37.6 Å². The van der Waals surface area contributed by atoms with Crippen LogP contribution in [0.1, 0.15) is 46.0 Å². The van der Waals surface area contributed by atoms with Gasteiger partial charge in [-0.1, -0.05) is 13.8 Å². The van der Waals surface area contributed by atoms with Crippen LogP contribution in [0.5, 0.6) is 0 Å². The standard InChI is InChI=1S/C15H28N4O/c1-15(2,7-8-16)6-5-14(20)18-9-3-4-11-19-12-10-17-13-19/h10,12-13H,3-9,11,16H2,1-2H3,(H,18,20). The van der Waals surface area contributed by atoms with Gasteiger partial charge in [0.25, 0.3) is 0 Å². The number of unbranched alkanes of at least 4 members (excludes halogenated alkanes) is 1. The lowest BCUT2D eigenvalue weighted by Crippen LogP contribution is -2.27. The van der Waals surface area contributed by atoms with Crippen molar-refractivity contribution >= 4 is 5.91 Å². The normalized spacial score (nSPS) is 11.6. The van der Waals surface area contributed by atoms with Gasteiger partial charge in [0.1, 0.15) is 0 Å².